The first kappa shape index (κ1) is 11.9. The third-order valence-corrected chi connectivity index (χ3v) is 2.53. The highest BCUT2D eigenvalue weighted by Crippen LogP contribution is 2.17. The van der Waals surface area contributed by atoms with Crippen LogP contribution < -0.4 is 11.1 Å². The molecule has 0 aliphatic heterocycles. The number of nitriles is 1. The van der Waals surface area contributed by atoms with Crippen LogP contribution in [0.25, 0.3) is 0 Å². The lowest BCUT2D eigenvalue weighted by molar-refractivity contribution is 0.629. The Balaban J connectivity index is 2.09. The Morgan fingerprint density at radius 3 is 2.72 bits per heavy atom. The first-order chi connectivity index (χ1) is 8.69. The molecular weight excluding hydrogens is 229 g/mol. The molecule has 2 rings (SSSR count). The van der Waals surface area contributed by atoms with Crippen LogP contribution in [0.3, 0.4) is 0 Å². The molecule has 18 heavy (non-hydrogen) atoms. The van der Waals surface area contributed by atoms with Gasteiger partial charge in [-0.15, -0.1) is 0 Å². The molecule has 3 nitrogen and oxygen atoms in total. The van der Waals surface area contributed by atoms with E-state index in [2.05, 4.69) is 5.32 Å². The van der Waals surface area contributed by atoms with E-state index in [0.717, 1.165) is 5.56 Å². The third-order valence-electron chi connectivity index (χ3n) is 2.53. The van der Waals surface area contributed by atoms with Crippen molar-refractivity contribution in [3.8, 4) is 6.07 Å². The first-order valence-corrected chi connectivity index (χ1v) is 5.47. The molecule has 0 bridgehead atoms. The van der Waals surface area contributed by atoms with Crippen molar-refractivity contribution >= 4 is 11.4 Å². The number of rotatable bonds is 3. The zero-order valence-corrected chi connectivity index (χ0v) is 9.65. The summed E-state index contributed by atoms with van der Waals surface area (Å²) >= 11 is 0. The molecule has 0 atom stereocenters. The monoisotopic (exact) mass is 241 g/mol. The van der Waals surface area contributed by atoms with Gasteiger partial charge in [0.1, 0.15) is 5.82 Å². The van der Waals surface area contributed by atoms with Gasteiger partial charge < -0.3 is 11.1 Å². The second-order valence-corrected chi connectivity index (χ2v) is 3.91. The van der Waals surface area contributed by atoms with Gasteiger partial charge in [0.25, 0.3) is 0 Å². The zero-order chi connectivity index (χ0) is 13.0. The molecule has 0 radical (unpaired) electrons. The average molecular weight is 241 g/mol. The predicted molar refractivity (Wildman–Crippen MR) is 69.3 cm³/mol. The van der Waals surface area contributed by atoms with E-state index in [1.54, 1.807) is 18.2 Å². The van der Waals surface area contributed by atoms with Crippen LogP contribution in [0.15, 0.2) is 42.5 Å². The minimum absolute atomic E-state index is 0.307. The maximum absolute atomic E-state index is 13.6. The van der Waals surface area contributed by atoms with E-state index in [0.29, 0.717) is 23.5 Å². The first-order valence-electron chi connectivity index (χ1n) is 5.47. The summed E-state index contributed by atoms with van der Waals surface area (Å²) in [5.74, 6) is -0.432. The average Bonchev–Trinajstić information content (AvgIpc) is 2.37. The van der Waals surface area contributed by atoms with Crippen molar-refractivity contribution < 1.29 is 4.39 Å². The summed E-state index contributed by atoms with van der Waals surface area (Å²) in [4.78, 5) is 0. The van der Waals surface area contributed by atoms with Gasteiger partial charge in [-0.05, 0) is 35.9 Å². The van der Waals surface area contributed by atoms with Crippen molar-refractivity contribution in [1.29, 1.82) is 5.26 Å². The summed E-state index contributed by atoms with van der Waals surface area (Å²) in [6, 6.07) is 13.6. The van der Waals surface area contributed by atoms with Crippen LogP contribution in [-0.4, -0.2) is 0 Å². The van der Waals surface area contributed by atoms with Gasteiger partial charge in [0, 0.05) is 12.2 Å². The minimum atomic E-state index is -0.432. The number of nitrogens with two attached hydrogens (primary N) is 1. The molecular formula is C14H12FN3. The van der Waals surface area contributed by atoms with Crippen LogP contribution in [0.4, 0.5) is 15.8 Å². The van der Waals surface area contributed by atoms with Crippen LogP contribution in [0, 0.1) is 17.1 Å². The van der Waals surface area contributed by atoms with Gasteiger partial charge in [-0.3, -0.25) is 0 Å². The molecule has 0 unspecified atom stereocenters. The van der Waals surface area contributed by atoms with E-state index in [4.69, 9.17) is 11.0 Å². The van der Waals surface area contributed by atoms with Crippen LogP contribution in [0.5, 0.6) is 0 Å². The molecule has 0 saturated carbocycles. The van der Waals surface area contributed by atoms with Crippen LogP contribution >= 0.6 is 0 Å². The number of hydrogen-bond donors (Lipinski definition) is 2. The Morgan fingerprint density at radius 1 is 1.22 bits per heavy atom. The molecule has 3 N–H and O–H groups in total. The summed E-state index contributed by atoms with van der Waals surface area (Å²) in [6.07, 6.45) is 0. The fraction of sp³-hybridized carbons (Fsp3) is 0.0714. The lowest BCUT2D eigenvalue weighted by Gasteiger charge is -2.08. The van der Waals surface area contributed by atoms with Crippen LogP contribution in [-0.2, 0) is 6.54 Å². The second kappa shape index (κ2) is 5.19. The molecule has 2 aromatic rings. The number of nitrogens with zero attached hydrogens (tertiary/aromatic N) is 1. The van der Waals surface area contributed by atoms with Gasteiger partial charge in [0.15, 0.2) is 0 Å². The van der Waals surface area contributed by atoms with Crippen molar-refractivity contribution in [1.82, 2.24) is 0 Å². The van der Waals surface area contributed by atoms with Gasteiger partial charge in [-0.2, -0.15) is 5.26 Å². The molecule has 0 aromatic heterocycles. The second-order valence-electron chi connectivity index (χ2n) is 3.91. The Bertz CT molecular complexity index is 602. The highest BCUT2D eigenvalue weighted by atomic mass is 19.1. The van der Waals surface area contributed by atoms with Gasteiger partial charge in [0.05, 0.1) is 17.3 Å². The zero-order valence-electron chi connectivity index (χ0n) is 9.65. The summed E-state index contributed by atoms with van der Waals surface area (Å²) < 4.78 is 13.6. The van der Waals surface area contributed by atoms with Gasteiger partial charge in [-0.1, -0.05) is 12.1 Å². The van der Waals surface area contributed by atoms with E-state index in [1.165, 1.54) is 6.07 Å². The van der Waals surface area contributed by atoms with Crippen LogP contribution in [0.1, 0.15) is 11.1 Å². The smallest absolute Gasteiger partial charge is 0.147 e. The molecule has 90 valence electrons. The molecule has 0 fully saturated rings. The molecule has 0 heterocycles. The Morgan fingerprint density at radius 2 is 2.06 bits per heavy atom. The summed E-state index contributed by atoms with van der Waals surface area (Å²) in [5, 5.41) is 11.6. The third kappa shape index (κ3) is 2.77. The summed E-state index contributed by atoms with van der Waals surface area (Å²) in [7, 11) is 0. The minimum Gasteiger partial charge on any atom is -0.399 e. The largest absolute Gasteiger partial charge is 0.399 e. The maximum Gasteiger partial charge on any atom is 0.147 e. The van der Waals surface area contributed by atoms with Crippen molar-refractivity contribution in [2.45, 2.75) is 6.54 Å². The highest BCUT2D eigenvalue weighted by Gasteiger charge is 2.03. The standard InChI is InChI=1S/C14H12FN3/c15-13-7-10(8-16)4-5-14(13)18-9-11-2-1-3-12(17)6-11/h1-7,18H,9,17H2. The van der Waals surface area contributed by atoms with Gasteiger partial charge in [-0.25, -0.2) is 4.39 Å². The molecule has 0 aliphatic carbocycles. The fourth-order valence-corrected chi connectivity index (χ4v) is 1.63. The molecule has 2 aromatic carbocycles. The van der Waals surface area contributed by atoms with E-state index in [-0.39, 0.29) is 0 Å². The van der Waals surface area contributed by atoms with Gasteiger partial charge >= 0.3 is 0 Å². The van der Waals surface area contributed by atoms with E-state index < -0.39 is 5.82 Å². The van der Waals surface area contributed by atoms with Gasteiger partial charge in [0.2, 0.25) is 0 Å². The highest BCUT2D eigenvalue weighted by molar-refractivity contribution is 5.50. The topological polar surface area (TPSA) is 61.8 Å². The predicted octanol–water partition coefficient (Wildman–Crippen LogP) is 2.89. The Labute approximate surface area is 105 Å². The lowest BCUT2D eigenvalue weighted by Crippen LogP contribution is -2.02. The number of nitrogen functional groups attached to an aromatic ring is 1. The van der Waals surface area contributed by atoms with E-state index in [1.807, 2.05) is 24.3 Å². The fourth-order valence-electron chi connectivity index (χ4n) is 1.63. The normalized spacial score (nSPS) is 9.78. The molecule has 0 aliphatic rings. The SMILES string of the molecule is N#Cc1ccc(NCc2cccc(N)c2)c(F)c1. The molecule has 4 heteroatoms. The Hall–Kier alpha value is -2.54. The maximum atomic E-state index is 13.6. The van der Waals surface area contributed by atoms with Crippen molar-refractivity contribution in [2.75, 3.05) is 11.1 Å². The quantitative estimate of drug-likeness (QED) is 0.812. The number of anilines is 2. The number of benzene rings is 2. The summed E-state index contributed by atoms with van der Waals surface area (Å²) in [5.41, 5.74) is 7.98. The molecule has 0 spiro atoms. The molecule has 0 saturated heterocycles. The number of nitrogens with one attached hydrogen (secondary N) is 1. The van der Waals surface area contributed by atoms with Crippen molar-refractivity contribution in [2.24, 2.45) is 0 Å². The van der Waals surface area contributed by atoms with Crippen molar-refractivity contribution in [3.63, 3.8) is 0 Å². The summed E-state index contributed by atoms with van der Waals surface area (Å²) in [6.45, 7) is 0.480. The lowest BCUT2D eigenvalue weighted by atomic mass is 10.2. The van der Waals surface area contributed by atoms with Crippen LogP contribution in [0.2, 0.25) is 0 Å². The van der Waals surface area contributed by atoms with E-state index in [9.17, 15) is 4.39 Å². The number of hydrogen-bond acceptors (Lipinski definition) is 3. The van der Waals surface area contributed by atoms with E-state index >= 15 is 0 Å². The van der Waals surface area contributed by atoms with Crippen molar-refractivity contribution in [3.05, 3.63) is 59.4 Å². The number of halogens is 1. The molecule has 0 amide bonds. The Kier molecular flexibility index (Phi) is 3.44.